The minimum absolute atomic E-state index is 0.269. The zero-order chi connectivity index (χ0) is 12.0. The number of hydrogen-bond donors (Lipinski definition) is 1. The molecular formula is C13H20FNO. The fraction of sp³-hybridized carbons (Fsp3) is 0.538. The van der Waals surface area contributed by atoms with Gasteiger partial charge in [0.1, 0.15) is 11.6 Å². The maximum absolute atomic E-state index is 12.9. The van der Waals surface area contributed by atoms with E-state index in [9.17, 15) is 4.39 Å². The van der Waals surface area contributed by atoms with E-state index in [4.69, 9.17) is 10.5 Å². The van der Waals surface area contributed by atoms with E-state index in [1.165, 1.54) is 12.1 Å². The van der Waals surface area contributed by atoms with E-state index in [2.05, 4.69) is 13.8 Å². The van der Waals surface area contributed by atoms with Crippen molar-refractivity contribution in [3.8, 4) is 5.75 Å². The highest BCUT2D eigenvalue weighted by Crippen LogP contribution is 2.20. The molecule has 1 unspecified atom stereocenters. The smallest absolute Gasteiger partial charge is 0.123 e. The van der Waals surface area contributed by atoms with Gasteiger partial charge in [-0.05, 0) is 30.5 Å². The molecule has 0 amide bonds. The van der Waals surface area contributed by atoms with Crippen molar-refractivity contribution >= 4 is 0 Å². The second kappa shape index (κ2) is 6.48. The highest BCUT2D eigenvalue weighted by molar-refractivity contribution is 5.33. The van der Waals surface area contributed by atoms with Crippen molar-refractivity contribution in [1.82, 2.24) is 0 Å². The fourth-order valence-corrected chi connectivity index (χ4v) is 1.66. The molecule has 0 spiro atoms. The van der Waals surface area contributed by atoms with Gasteiger partial charge in [0.15, 0.2) is 0 Å². The summed E-state index contributed by atoms with van der Waals surface area (Å²) in [6.45, 7) is 5.26. The van der Waals surface area contributed by atoms with Gasteiger partial charge in [-0.2, -0.15) is 0 Å². The Kier molecular flexibility index (Phi) is 5.26. The van der Waals surface area contributed by atoms with Gasteiger partial charge in [-0.15, -0.1) is 0 Å². The Hall–Kier alpha value is -1.09. The minimum Gasteiger partial charge on any atom is -0.493 e. The molecule has 0 fully saturated rings. The largest absolute Gasteiger partial charge is 0.493 e. The lowest BCUT2D eigenvalue weighted by molar-refractivity contribution is 0.249. The van der Waals surface area contributed by atoms with E-state index in [1.807, 2.05) is 0 Å². The third kappa shape index (κ3) is 3.81. The Morgan fingerprint density at radius 2 is 2.19 bits per heavy atom. The first-order valence-electron chi connectivity index (χ1n) is 5.78. The van der Waals surface area contributed by atoms with Crippen molar-refractivity contribution in [2.45, 2.75) is 33.2 Å². The first kappa shape index (κ1) is 13.0. The van der Waals surface area contributed by atoms with Crippen molar-refractivity contribution in [3.63, 3.8) is 0 Å². The molecule has 1 rings (SSSR count). The van der Waals surface area contributed by atoms with Gasteiger partial charge in [-0.1, -0.05) is 20.3 Å². The molecule has 1 aromatic rings. The van der Waals surface area contributed by atoms with E-state index in [0.29, 0.717) is 24.8 Å². The van der Waals surface area contributed by atoms with Gasteiger partial charge in [0.05, 0.1) is 6.61 Å². The average molecular weight is 225 g/mol. The van der Waals surface area contributed by atoms with E-state index >= 15 is 0 Å². The summed E-state index contributed by atoms with van der Waals surface area (Å²) in [5.74, 6) is 0.946. The molecule has 2 nitrogen and oxygen atoms in total. The molecular weight excluding hydrogens is 205 g/mol. The Bertz CT molecular complexity index is 328. The second-order valence-corrected chi connectivity index (χ2v) is 4.16. The van der Waals surface area contributed by atoms with Gasteiger partial charge >= 0.3 is 0 Å². The molecule has 0 aliphatic heterocycles. The number of ether oxygens (including phenoxy) is 1. The van der Waals surface area contributed by atoms with E-state index in [0.717, 1.165) is 18.4 Å². The van der Waals surface area contributed by atoms with E-state index < -0.39 is 0 Å². The van der Waals surface area contributed by atoms with Crippen molar-refractivity contribution in [2.75, 3.05) is 6.61 Å². The van der Waals surface area contributed by atoms with Crippen molar-refractivity contribution in [1.29, 1.82) is 0 Å². The molecule has 90 valence electrons. The van der Waals surface area contributed by atoms with Crippen LogP contribution in [0.4, 0.5) is 4.39 Å². The molecule has 0 bridgehead atoms. The second-order valence-electron chi connectivity index (χ2n) is 4.16. The summed E-state index contributed by atoms with van der Waals surface area (Å²) in [7, 11) is 0. The van der Waals surface area contributed by atoms with Crippen LogP contribution in [0.25, 0.3) is 0 Å². The van der Waals surface area contributed by atoms with Crippen LogP contribution in [0.2, 0.25) is 0 Å². The van der Waals surface area contributed by atoms with Gasteiger partial charge in [0.25, 0.3) is 0 Å². The molecule has 0 radical (unpaired) electrons. The SMILES string of the molecule is CCCC(C)COc1ccc(F)cc1CN. The average Bonchev–Trinajstić information content (AvgIpc) is 2.27. The monoisotopic (exact) mass is 225 g/mol. The molecule has 0 saturated carbocycles. The van der Waals surface area contributed by atoms with Crippen LogP contribution < -0.4 is 10.5 Å². The summed E-state index contributed by atoms with van der Waals surface area (Å²) >= 11 is 0. The van der Waals surface area contributed by atoms with Gasteiger partial charge in [0.2, 0.25) is 0 Å². The van der Waals surface area contributed by atoms with Crippen LogP contribution in [0.1, 0.15) is 32.3 Å². The van der Waals surface area contributed by atoms with Crippen LogP contribution >= 0.6 is 0 Å². The van der Waals surface area contributed by atoms with Crippen molar-refractivity contribution in [3.05, 3.63) is 29.6 Å². The lowest BCUT2D eigenvalue weighted by Crippen LogP contribution is -2.10. The summed E-state index contributed by atoms with van der Waals surface area (Å²) in [6.07, 6.45) is 2.29. The van der Waals surface area contributed by atoms with Crippen LogP contribution in [-0.2, 0) is 6.54 Å². The predicted molar refractivity (Wildman–Crippen MR) is 63.9 cm³/mol. The van der Waals surface area contributed by atoms with E-state index in [1.54, 1.807) is 6.07 Å². The molecule has 0 aliphatic carbocycles. The molecule has 0 heterocycles. The van der Waals surface area contributed by atoms with Crippen molar-refractivity contribution in [2.24, 2.45) is 11.7 Å². The Labute approximate surface area is 96.6 Å². The lowest BCUT2D eigenvalue weighted by atomic mass is 10.1. The maximum atomic E-state index is 12.9. The molecule has 3 heteroatoms. The van der Waals surface area contributed by atoms with Gasteiger partial charge < -0.3 is 10.5 Å². The minimum atomic E-state index is -0.269. The fourth-order valence-electron chi connectivity index (χ4n) is 1.66. The van der Waals surface area contributed by atoms with Crippen LogP contribution in [-0.4, -0.2) is 6.61 Å². The lowest BCUT2D eigenvalue weighted by Gasteiger charge is -2.14. The number of rotatable bonds is 6. The third-order valence-corrected chi connectivity index (χ3v) is 2.55. The molecule has 1 aromatic carbocycles. The standard InChI is InChI=1S/C13H20FNO/c1-3-4-10(2)9-16-13-6-5-12(14)7-11(13)8-15/h5-7,10H,3-4,8-9,15H2,1-2H3. The van der Waals surface area contributed by atoms with Crippen LogP contribution in [0.3, 0.4) is 0 Å². The van der Waals surface area contributed by atoms with Gasteiger partial charge in [-0.25, -0.2) is 4.39 Å². The highest BCUT2D eigenvalue weighted by Gasteiger charge is 2.06. The van der Waals surface area contributed by atoms with E-state index in [-0.39, 0.29) is 5.82 Å². The van der Waals surface area contributed by atoms with Crippen LogP contribution in [0.5, 0.6) is 5.75 Å². The first-order valence-corrected chi connectivity index (χ1v) is 5.78. The van der Waals surface area contributed by atoms with Gasteiger partial charge in [-0.3, -0.25) is 0 Å². The number of nitrogens with two attached hydrogens (primary N) is 1. The normalized spacial score (nSPS) is 12.5. The predicted octanol–water partition coefficient (Wildman–Crippen LogP) is 3.10. The van der Waals surface area contributed by atoms with Crippen LogP contribution in [0.15, 0.2) is 18.2 Å². The zero-order valence-electron chi connectivity index (χ0n) is 10.0. The molecule has 0 aliphatic rings. The maximum Gasteiger partial charge on any atom is 0.123 e. The topological polar surface area (TPSA) is 35.2 Å². The summed E-state index contributed by atoms with van der Waals surface area (Å²) in [6, 6.07) is 4.48. The molecule has 0 aromatic heterocycles. The first-order chi connectivity index (χ1) is 7.67. The number of halogens is 1. The summed E-state index contributed by atoms with van der Waals surface area (Å²) < 4.78 is 18.6. The molecule has 2 N–H and O–H groups in total. The number of benzene rings is 1. The number of hydrogen-bond acceptors (Lipinski definition) is 2. The van der Waals surface area contributed by atoms with Gasteiger partial charge in [0, 0.05) is 12.1 Å². The molecule has 1 atom stereocenters. The quantitative estimate of drug-likeness (QED) is 0.807. The zero-order valence-corrected chi connectivity index (χ0v) is 10.0. The van der Waals surface area contributed by atoms with Crippen LogP contribution in [0, 0.1) is 11.7 Å². The Balaban J connectivity index is 2.59. The summed E-state index contributed by atoms with van der Waals surface area (Å²) in [4.78, 5) is 0. The van der Waals surface area contributed by atoms with Crippen molar-refractivity contribution < 1.29 is 9.13 Å². The molecule has 16 heavy (non-hydrogen) atoms. The Morgan fingerprint density at radius 3 is 2.81 bits per heavy atom. The Morgan fingerprint density at radius 1 is 1.44 bits per heavy atom. The third-order valence-electron chi connectivity index (χ3n) is 2.55. The summed E-state index contributed by atoms with van der Waals surface area (Å²) in [5, 5.41) is 0. The summed E-state index contributed by atoms with van der Waals surface area (Å²) in [5.41, 5.74) is 6.26. The molecule has 0 saturated heterocycles. The highest BCUT2D eigenvalue weighted by atomic mass is 19.1.